The van der Waals surface area contributed by atoms with Crippen molar-refractivity contribution in [3.63, 3.8) is 0 Å². The second-order valence-corrected chi connectivity index (χ2v) is 10.1. The Morgan fingerprint density at radius 2 is 1.14 bits per heavy atom. The highest BCUT2D eigenvalue weighted by atomic mass is 32.2. The fourth-order valence-electron chi connectivity index (χ4n) is 4.11. The number of amides is 2. The molecule has 0 heterocycles. The van der Waals surface area contributed by atoms with Gasteiger partial charge in [-0.25, -0.2) is 0 Å². The zero-order chi connectivity index (χ0) is 25.2. The number of nitrogens with one attached hydrogen (secondary N) is 2. The molecule has 0 saturated carbocycles. The fourth-order valence-corrected chi connectivity index (χ4v) is 6.03. The van der Waals surface area contributed by atoms with E-state index in [0.717, 1.165) is 27.3 Å². The van der Waals surface area contributed by atoms with Gasteiger partial charge in [-0.2, -0.15) is 0 Å². The van der Waals surface area contributed by atoms with Crippen LogP contribution >= 0.6 is 23.5 Å². The third-order valence-corrected chi connectivity index (χ3v) is 8.13. The number of hydrogen-bond acceptors (Lipinski definition) is 4. The summed E-state index contributed by atoms with van der Waals surface area (Å²) < 4.78 is -0.583. The lowest BCUT2D eigenvalue weighted by molar-refractivity contribution is -0.122. The summed E-state index contributed by atoms with van der Waals surface area (Å²) in [5.41, 5.74) is 4.01. The third-order valence-electron chi connectivity index (χ3n) is 5.79. The number of carbonyl (C=O) groups excluding carboxylic acids is 2. The molecule has 4 aromatic rings. The SMILES string of the molecule is CSc1ccccc1NC(=O)CNC(=O)CSC(c1ccccc1)(c1ccccc1)c1ccccc1. The van der Waals surface area contributed by atoms with E-state index in [1.165, 1.54) is 0 Å². The van der Waals surface area contributed by atoms with E-state index >= 15 is 0 Å². The number of thioether (sulfide) groups is 2. The van der Waals surface area contributed by atoms with Crippen molar-refractivity contribution in [3.8, 4) is 0 Å². The Hall–Kier alpha value is -3.48. The van der Waals surface area contributed by atoms with Crippen molar-refractivity contribution in [2.75, 3.05) is 23.9 Å². The van der Waals surface area contributed by atoms with Crippen LogP contribution in [-0.4, -0.2) is 30.4 Å². The number of carbonyl (C=O) groups is 2. The van der Waals surface area contributed by atoms with E-state index in [1.807, 2.05) is 85.1 Å². The summed E-state index contributed by atoms with van der Waals surface area (Å²) in [5, 5.41) is 5.67. The lowest BCUT2D eigenvalue weighted by atomic mass is 9.84. The Morgan fingerprint density at radius 1 is 0.667 bits per heavy atom. The number of anilines is 1. The first-order valence-electron chi connectivity index (χ1n) is 11.6. The van der Waals surface area contributed by atoms with E-state index in [0.29, 0.717) is 0 Å². The summed E-state index contributed by atoms with van der Waals surface area (Å²) in [7, 11) is 0. The molecular weight excluding hydrogens is 484 g/mol. The van der Waals surface area contributed by atoms with Crippen LogP contribution < -0.4 is 10.6 Å². The Kier molecular flexibility index (Phi) is 8.87. The zero-order valence-electron chi connectivity index (χ0n) is 20.0. The van der Waals surface area contributed by atoms with Gasteiger partial charge in [-0.3, -0.25) is 9.59 Å². The van der Waals surface area contributed by atoms with Crippen molar-refractivity contribution in [3.05, 3.63) is 132 Å². The minimum atomic E-state index is -0.583. The normalized spacial score (nSPS) is 11.0. The van der Waals surface area contributed by atoms with Gasteiger partial charge in [0.1, 0.15) is 0 Å². The van der Waals surface area contributed by atoms with E-state index in [-0.39, 0.29) is 24.1 Å². The zero-order valence-corrected chi connectivity index (χ0v) is 21.6. The second-order valence-electron chi connectivity index (χ2n) is 8.09. The third kappa shape index (κ3) is 6.01. The molecule has 0 aliphatic heterocycles. The van der Waals surface area contributed by atoms with Crippen molar-refractivity contribution in [2.24, 2.45) is 0 Å². The molecule has 2 N–H and O–H groups in total. The molecule has 6 heteroatoms. The number of rotatable bonds is 10. The van der Waals surface area contributed by atoms with Gasteiger partial charge in [-0.05, 0) is 35.1 Å². The maximum absolute atomic E-state index is 12.9. The molecule has 4 rings (SSSR count). The van der Waals surface area contributed by atoms with E-state index in [9.17, 15) is 9.59 Å². The topological polar surface area (TPSA) is 58.2 Å². The molecule has 0 saturated heterocycles. The molecule has 0 atom stereocenters. The Labute approximate surface area is 220 Å². The number of para-hydroxylation sites is 1. The number of hydrogen-bond donors (Lipinski definition) is 2. The molecule has 0 radical (unpaired) electrons. The largest absolute Gasteiger partial charge is 0.346 e. The molecule has 0 aliphatic rings. The van der Waals surface area contributed by atoms with Gasteiger partial charge < -0.3 is 10.6 Å². The second kappa shape index (κ2) is 12.5. The van der Waals surface area contributed by atoms with Crippen molar-refractivity contribution in [1.29, 1.82) is 0 Å². The van der Waals surface area contributed by atoms with Gasteiger partial charge in [0.05, 0.1) is 22.7 Å². The standard InChI is InChI=1S/C30H28N2O2S2/c1-35-27-20-12-11-19-26(27)32-28(33)21-31-29(34)22-36-30(23-13-5-2-6-14-23,24-15-7-3-8-16-24)25-17-9-4-10-18-25/h2-20H,21-22H2,1H3,(H,31,34)(H,32,33). The van der Waals surface area contributed by atoms with Crippen LogP contribution in [-0.2, 0) is 14.3 Å². The first kappa shape index (κ1) is 25.6. The summed E-state index contributed by atoms with van der Waals surface area (Å²) in [6.45, 7) is -0.0862. The Balaban J connectivity index is 1.52. The molecular formula is C30H28N2O2S2. The molecule has 4 nitrogen and oxygen atoms in total. The van der Waals surface area contributed by atoms with Crippen molar-refractivity contribution < 1.29 is 9.59 Å². The van der Waals surface area contributed by atoms with Crippen LogP contribution in [0.15, 0.2) is 120 Å². The van der Waals surface area contributed by atoms with Gasteiger partial charge >= 0.3 is 0 Å². The molecule has 2 amide bonds. The molecule has 0 bridgehead atoms. The smallest absolute Gasteiger partial charge is 0.243 e. The van der Waals surface area contributed by atoms with Gasteiger partial charge in [0.2, 0.25) is 11.8 Å². The quantitative estimate of drug-likeness (QED) is 0.197. The fraction of sp³-hybridized carbons (Fsp3) is 0.133. The maximum atomic E-state index is 12.9. The van der Waals surface area contributed by atoms with E-state index in [2.05, 4.69) is 47.0 Å². The van der Waals surface area contributed by atoms with Crippen LogP contribution in [0.3, 0.4) is 0 Å². The van der Waals surface area contributed by atoms with Crippen LogP contribution in [0.5, 0.6) is 0 Å². The summed E-state index contributed by atoms with van der Waals surface area (Å²) in [4.78, 5) is 26.4. The van der Waals surface area contributed by atoms with E-state index in [1.54, 1.807) is 23.5 Å². The predicted octanol–water partition coefficient (Wildman–Crippen LogP) is 6.19. The highest BCUT2D eigenvalue weighted by Crippen LogP contribution is 2.48. The molecule has 4 aromatic carbocycles. The molecule has 36 heavy (non-hydrogen) atoms. The van der Waals surface area contributed by atoms with E-state index < -0.39 is 4.75 Å². The van der Waals surface area contributed by atoms with Crippen molar-refractivity contribution >= 4 is 41.0 Å². The van der Waals surface area contributed by atoms with Gasteiger partial charge in [-0.15, -0.1) is 23.5 Å². The van der Waals surface area contributed by atoms with Gasteiger partial charge in [-0.1, -0.05) is 103 Å². The van der Waals surface area contributed by atoms with Crippen molar-refractivity contribution in [2.45, 2.75) is 9.64 Å². The lowest BCUT2D eigenvalue weighted by Crippen LogP contribution is -2.35. The highest BCUT2D eigenvalue weighted by Gasteiger charge is 2.37. The van der Waals surface area contributed by atoms with Gasteiger partial charge in [0.25, 0.3) is 0 Å². The average molecular weight is 513 g/mol. The van der Waals surface area contributed by atoms with E-state index in [4.69, 9.17) is 0 Å². The predicted molar refractivity (Wildman–Crippen MR) is 152 cm³/mol. The van der Waals surface area contributed by atoms with Crippen LogP contribution in [0, 0.1) is 0 Å². The minimum Gasteiger partial charge on any atom is -0.346 e. The van der Waals surface area contributed by atoms with Crippen LogP contribution in [0.4, 0.5) is 5.69 Å². The first-order chi connectivity index (χ1) is 17.6. The van der Waals surface area contributed by atoms with Crippen molar-refractivity contribution in [1.82, 2.24) is 5.32 Å². The van der Waals surface area contributed by atoms with Crippen LogP contribution in [0.25, 0.3) is 0 Å². The lowest BCUT2D eigenvalue weighted by Gasteiger charge is -2.35. The molecule has 0 spiro atoms. The molecule has 0 aliphatic carbocycles. The molecule has 182 valence electrons. The molecule has 0 unspecified atom stereocenters. The Morgan fingerprint density at radius 3 is 1.64 bits per heavy atom. The first-order valence-corrected chi connectivity index (χ1v) is 13.8. The summed E-state index contributed by atoms with van der Waals surface area (Å²) in [5.74, 6) is -0.261. The average Bonchev–Trinajstić information content (AvgIpc) is 2.94. The molecule has 0 fully saturated rings. The summed E-state index contributed by atoms with van der Waals surface area (Å²) in [6.07, 6.45) is 1.96. The van der Waals surface area contributed by atoms with Gasteiger partial charge in [0.15, 0.2) is 0 Å². The Bertz CT molecular complexity index is 1190. The highest BCUT2D eigenvalue weighted by molar-refractivity contribution is 8.01. The van der Waals surface area contributed by atoms with Crippen LogP contribution in [0.1, 0.15) is 16.7 Å². The summed E-state index contributed by atoms with van der Waals surface area (Å²) >= 11 is 3.11. The van der Waals surface area contributed by atoms with Crippen LogP contribution in [0.2, 0.25) is 0 Å². The minimum absolute atomic E-state index is 0.0862. The summed E-state index contributed by atoms with van der Waals surface area (Å²) in [6, 6.07) is 38.3. The van der Waals surface area contributed by atoms with Gasteiger partial charge in [0, 0.05) is 4.90 Å². The number of benzene rings is 4. The molecule has 0 aromatic heterocycles. The monoisotopic (exact) mass is 512 g/mol. The maximum Gasteiger partial charge on any atom is 0.243 e.